The zero-order chi connectivity index (χ0) is 36.3. The Morgan fingerprint density at radius 2 is 1.09 bits per heavy atom. The van der Waals surface area contributed by atoms with Gasteiger partial charge in [-0.3, -0.25) is 0 Å². The van der Waals surface area contributed by atoms with Gasteiger partial charge in [-0.25, -0.2) is 0 Å². The number of benzene rings is 7. The van der Waals surface area contributed by atoms with E-state index in [0.29, 0.717) is 0 Å². The lowest BCUT2D eigenvalue weighted by atomic mass is 9.78. The van der Waals surface area contributed by atoms with Crippen molar-refractivity contribution in [3.05, 3.63) is 152 Å². The van der Waals surface area contributed by atoms with E-state index in [-0.39, 0.29) is 0 Å². The number of hydrogen-bond acceptors (Lipinski definition) is 3. The quantitative estimate of drug-likeness (QED) is 0.170. The van der Waals surface area contributed by atoms with E-state index in [2.05, 4.69) is 188 Å². The number of nitrogens with zero attached hydrogens (tertiary/aromatic N) is 2. The highest BCUT2D eigenvalue weighted by Crippen LogP contribution is 2.43. The zero-order valence-electron chi connectivity index (χ0n) is 30.6. The van der Waals surface area contributed by atoms with Gasteiger partial charge in [-0.1, -0.05) is 91.0 Å². The maximum Gasteiger partial charge on any atom is 0.496 e. The molecule has 1 saturated heterocycles. The zero-order valence-corrected chi connectivity index (χ0v) is 31.4. The van der Waals surface area contributed by atoms with Crippen LogP contribution in [0.3, 0.4) is 0 Å². The molecule has 0 saturated carbocycles. The summed E-state index contributed by atoms with van der Waals surface area (Å²) in [5.41, 5.74) is 9.61. The Kier molecular flexibility index (Phi) is 6.74. The van der Waals surface area contributed by atoms with E-state index in [9.17, 15) is 0 Å². The molecule has 10 aromatic rings. The van der Waals surface area contributed by atoms with Crippen molar-refractivity contribution in [2.75, 3.05) is 0 Å². The minimum absolute atomic E-state index is 0.448. The van der Waals surface area contributed by atoms with Gasteiger partial charge >= 0.3 is 7.12 Å². The molecule has 0 N–H and O–H groups in total. The second kappa shape index (κ2) is 11.4. The summed E-state index contributed by atoms with van der Waals surface area (Å²) in [5, 5.41) is 7.44. The summed E-state index contributed by atoms with van der Waals surface area (Å²) < 4.78 is 20.8. The smallest absolute Gasteiger partial charge is 0.399 e. The second-order valence-electron chi connectivity index (χ2n) is 15.6. The molecule has 0 spiro atoms. The van der Waals surface area contributed by atoms with Gasteiger partial charge in [0.15, 0.2) is 0 Å². The van der Waals surface area contributed by atoms with E-state index < -0.39 is 18.3 Å². The number of aromatic nitrogens is 2. The van der Waals surface area contributed by atoms with E-state index in [1.165, 1.54) is 69.4 Å². The molecule has 6 heteroatoms. The average molecular weight is 717 g/mol. The van der Waals surface area contributed by atoms with Gasteiger partial charge in [-0.05, 0) is 99.5 Å². The van der Waals surface area contributed by atoms with Crippen molar-refractivity contribution < 1.29 is 9.31 Å². The van der Waals surface area contributed by atoms with Gasteiger partial charge in [-0.15, -0.1) is 11.3 Å². The van der Waals surface area contributed by atoms with Crippen LogP contribution in [-0.2, 0) is 9.31 Å². The van der Waals surface area contributed by atoms with Gasteiger partial charge in [0, 0.05) is 58.6 Å². The molecule has 11 rings (SSSR count). The third kappa shape index (κ3) is 4.51. The van der Waals surface area contributed by atoms with Gasteiger partial charge in [0.1, 0.15) is 0 Å². The number of rotatable bonds is 4. The molecule has 1 aliphatic rings. The SMILES string of the molecule is CC1(C)OB(c2cc(-n3c4ccccc4c4cc(-c5cccc6c5c5ccccc5n6-c5ccccc5)ccc43)cc3c2sc2ccccc23)OC1(C)C. The monoisotopic (exact) mass is 716 g/mol. The van der Waals surface area contributed by atoms with Crippen molar-refractivity contribution in [3.8, 4) is 22.5 Å². The Balaban J connectivity index is 1.16. The Morgan fingerprint density at radius 1 is 0.481 bits per heavy atom. The second-order valence-corrected chi connectivity index (χ2v) is 16.6. The van der Waals surface area contributed by atoms with E-state index in [1.54, 1.807) is 0 Å². The third-order valence-electron chi connectivity index (χ3n) is 12.0. The number of para-hydroxylation sites is 3. The summed E-state index contributed by atoms with van der Waals surface area (Å²) in [4.78, 5) is 0. The lowest BCUT2D eigenvalue weighted by Crippen LogP contribution is -2.41. The van der Waals surface area contributed by atoms with Crippen LogP contribution >= 0.6 is 11.3 Å². The molecular weight excluding hydrogens is 679 g/mol. The molecule has 54 heavy (non-hydrogen) atoms. The van der Waals surface area contributed by atoms with Crippen LogP contribution in [0.2, 0.25) is 0 Å². The van der Waals surface area contributed by atoms with Crippen molar-refractivity contribution in [3.63, 3.8) is 0 Å². The molecule has 0 bridgehead atoms. The molecule has 0 radical (unpaired) electrons. The lowest BCUT2D eigenvalue weighted by Gasteiger charge is -2.32. The van der Waals surface area contributed by atoms with Crippen LogP contribution in [0.1, 0.15) is 27.7 Å². The maximum atomic E-state index is 6.74. The highest BCUT2D eigenvalue weighted by atomic mass is 32.1. The summed E-state index contributed by atoms with van der Waals surface area (Å²) in [5.74, 6) is 0. The molecule has 0 unspecified atom stereocenters. The molecule has 7 aromatic carbocycles. The molecule has 4 heterocycles. The Labute approximate surface area is 317 Å². The molecule has 1 aliphatic heterocycles. The Hall–Kier alpha value is -5.66. The predicted molar refractivity (Wildman–Crippen MR) is 229 cm³/mol. The average Bonchev–Trinajstić information content (AvgIpc) is 3.90. The van der Waals surface area contributed by atoms with Crippen LogP contribution < -0.4 is 5.46 Å². The van der Waals surface area contributed by atoms with Crippen LogP contribution in [0.25, 0.3) is 86.3 Å². The van der Waals surface area contributed by atoms with Crippen LogP contribution in [0.5, 0.6) is 0 Å². The molecular formula is C48H37BN2O2S. The van der Waals surface area contributed by atoms with Crippen molar-refractivity contribution in [1.29, 1.82) is 0 Å². The standard InChI is InChI=1S/C48H37BN2O2S/c1-47(2)48(3,4)53-49(52-47)39-29-32(28-38-35-18-10-13-24-44(35)54-46(38)39)51-40-21-11-8-17-34(40)37-27-30(25-26-42(37)51)33-20-14-23-43-45(33)36-19-9-12-22-41(36)50(43)31-15-6-5-7-16-31/h5-29H,1-4H3. The van der Waals surface area contributed by atoms with Crippen LogP contribution in [0, 0.1) is 0 Å². The molecule has 1 fully saturated rings. The number of hydrogen-bond donors (Lipinski definition) is 0. The van der Waals surface area contributed by atoms with E-state index in [1.807, 2.05) is 11.3 Å². The van der Waals surface area contributed by atoms with Gasteiger partial charge < -0.3 is 18.4 Å². The van der Waals surface area contributed by atoms with Gasteiger partial charge in [-0.2, -0.15) is 0 Å². The number of thiophene rings is 1. The Morgan fingerprint density at radius 3 is 1.87 bits per heavy atom. The van der Waals surface area contributed by atoms with Crippen molar-refractivity contribution in [2.45, 2.75) is 38.9 Å². The summed E-state index contributed by atoms with van der Waals surface area (Å²) >= 11 is 1.82. The first-order valence-electron chi connectivity index (χ1n) is 18.7. The lowest BCUT2D eigenvalue weighted by molar-refractivity contribution is 0.00578. The molecule has 4 nitrogen and oxygen atoms in total. The van der Waals surface area contributed by atoms with Gasteiger partial charge in [0.25, 0.3) is 0 Å². The first kappa shape index (κ1) is 31.8. The first-order valence-corrected chi connectivity index (χ1v) is 19.5. The minimum Gasteiger partial charge on any atom is -0.399 e. The normalized spacial score (nSPS) is 15.5. The summed E-state index contributed by atoms with van der Waals surface area (Å²) in [6.07, 6.45) is 0. The van der Waals surface area contributed by atoms with Crippen LogP contribution in [0.4, 0.5) is 0 Å². The maximum absolute atomic E-state index is 6.74. The highest BCUT2D eigenvalue weighted by Gasteiger charge is 2.52. The molecule has 0 amide bonds. The third-order valence-corrected chi connectivity index (χ3v) is 13.2. The predicted octanol–water partition coefficient (Wildman–Crippen LogP) is 12.2. The molecule has 0 aliphatic carbocycles. The van der Waals surface area contributed by atoms with Crippen molar-refractivity contribution in [2.24, 2.45) is 0 Å². The first-order chi connectivity index (χ1) is 26.3. The topological polar surface area (TPSA) is 28.3 Å². The van der Waals surface area contributed by atoms with Crippen molar-refractivity contribution >= 4 is 87.7 Å². The van der Waals surface area contributed by atoms with E-state index >= 15 is 0 Å². The fourth-order valence-corrected chi connectivity index (χ4v) is 9.85. The van der Waals surface area contributed by atoms with Crippen LogP contribution in [-0.4, -0.2) is 27.5 Å². The van der Waals surface area contributed by atoms with E-state index in [4.69, 9.17) is 9.31 Å². The van der Waals surface area contributed by atoms with E-state index in [0.717, 1.165) is 22.4 Å². The summed E-state index contributed by atoms with van der Waals surface area (Å²) in [7, 11) is -0.483. The molecule has 260 valence electrons. The number of fused-ring (bicyclic) bond motifs is 9. The molecule has 0 atom stereocenters. The van der Waals surface area contributed by atoms with Gasteiger partial charge in [0.2, 0.25) is 0 Å². The molecule has 3 aromatic heterocycles. The fraction of sp³-hybridized carbons (Fsp3) is 0.125. The van der Waals surface area contributed by atoms with Gasteiger partial charge in [0.05, 0.1) is 33.3 Å². The highest BCUT2D eigenvalue weighted by molar-refractivity contribution is 7.27. The van der Waals surface area contributed by atoms with Crippen LogP contribution in [0.15, 0.2) is 152 Å². The van der Waals surface area contributed by atoms with Crippen molar-refractivity contribution in [1.82, 2.24) is 9.13 Å². The largest absolute Gasteiger partial charge is 0.496 e. The Bertz CT molecular complexity index is 3120. The summed E-state index contributed by atoms with van der Waals surface area (Å²) in [6.45, 7) is 8.51. The fourth-order valence-electron chi connectivity index (χ4n) is 8.65. The minimum atomic E-state index is -0.483. The summed E-state index contributed by atoms with van der Waals surface area (Å²) in [6, 6.07) is 55.3.